The van der Waals surface area contributed by atoms with Crippen molar-refractivity contribution < 1.29 is 40.6 Å². The zero-order valence-electron chi connectivity index (χ0n) is 15.2. The van der Waals surface area contributed by atoms with Crippen LogP contribution < -0.4 is 5.32 Å². The minimum Gasteiger partial charge on any atom is -0.478 e. The molecule has 0 fully saturated rings. The van der Waals surface area contributed by atoms with E-state index in [9.17, 15) is 26.4 Å². The van der Waals surface area contributed by atoms with Gasteiger partial charge in [-0.05, 0) is 25.0 Å². The van der Waals surface area contributed by atoms with Gasteiger partial charge in [0.05, 0.1) is 5.41 Å². The molecule has 27 heavy (non-hydrogen) atoms. The Morgan fingerprint density at radius 2 is 1.44 bits per heavy atom. The summed E-state index contributed by atoms with van der Waals surface area (Å²) in [6.45, 7) is 14.3. The molecule has 1 atom stereocenters. The minimum atomic E-state index is -4.25. The molecule has 1 amide bonds. The van der Waals surface area contributed by atoms with Gasteiger partial charge >= 0.3 is 5.97 Å². The van der Waals surface area contributed by atoms with Crippen molar-refractivity contribution in [1.29, 1.82) is 0 Å². The maximum Gasteiger partial charge on any atom is 0.327 e. The zero-order chi connectivity index (χ0) is 22.4. The van der Waals surface area contributed by atoms with E-state index in [1.165, 1.54) is 6.08 Å². The van der Waals surface area contributed by atoms with Crippen molar-refractivity contribution in [3.63, 3.8) is 0 Å². The molecule has 12 heteroatoms. The molecular weight excluding hydrogens is 402 g/mol. The summed E-state index contributed by atoms with van der Waals surface area (Å²) in [5, 5.41) is 9.13. The van der Waals surface area contributed by atoms with Crippen LogP contribution in [-0.4, -0.2) is 48.3 Å². The van der Waals surface area contributed by atoms with Crippen LogP contribution in [0.5, 0.6) is 0 Å². The predicted molar refractivity (Wildman–Crippen MR) is 102 cm³/mol. The highest BCUT2D eigenvalue weighted by Gasteiger charge is 2.27. The second-order valence-electron chi connectivity index (χ2n) is 5.10. The summed E-state index contributed by atoms with van der Waals surface area (Å²) in [5.41, 5.74) is 0.577. The Bertz CT molecular complexity index is 763. The Morgan fingerprint density at radius 1 is 1.04 bits per heavy atom. The van der Waals surface area contributed by atoms with Gasteiger partial charge in [0, 0.05) is 6.08 Å². The monoisotopic (exact) mass is 427 g/mol. The third kappa shape index (κ3) is 23.7. The average Bonchev–Trinajstić information content (AvgIpc) is 2.49. The fourth-order valence-electron chi connectivity index (χ4n) is 0.986. The van der Waals surface area contributed by atoms with Crippen molar-refractivity contribution in [3.8, 4) is 0 Å². The van der Waals surface area contributed by atoms with Gasteiger partial charge in [-0.1, -0.05) is 39.2 Å². The van der Waals surface area contributed by atoms with Gasteiger partial charge in [-0.15, -0.1) is 0 Å². The normalized spacial score (nSPS) is 11.9. The molecule has 156 valence electrons. The van der Waals surface area contributed by atoms with Crippen molar-refractivity contribution >= 4 is 32.1 Å². The molecule has 0 radical (unpaired) electrons. The minimum absolute atomic E-state index is 0.404. The second kappa shape index (κ2) is 13.9. The Balaban J connectivity index is -0.000000356. The first-order chi connectivity index (χ1) is 12.0. The van der Waals surface area contributed by atoms with E-state index in [1.807, 2.05) is 0 Å². The maximum absolute atomic E-state index is 10.8. The van der Waals surface area contributed by atoms with E-state index in [0.29, 0.717) is 11.0 Å². The van der Waals surface area contributed by atoms with Gasteiger partial charge in [-0.3, -0.25) is 13.9 Å². The number of carboxylic acids is 1. The average molecular weight is 427 g/mol. The number of hydrogen-bond donors (Lipinski definition) is 4. The van der Waals surface area contributed by atoms with E-state index in [0.717, 1.165) is 12.2 Å². The molecule has 4 N–H and O–H groups in total. The fourth-order valence-corrected chi connectivity index (χ4v) is 2.34. The SMILES string of the molecule is C=C(C)C=CS(=O)(=O)O.C=CC(=O)NC(C(C)C)S(=O)(=O)O.C=CC(=O)O. The lowest BCUT2D eigenvalue weighted by Crippen LogP contribution is -2.43. The number of carbonyl (C=O) groups is 2. The lowest BCUT2D eigenvalue weighted by atomic mass is 10.2. The Morgan fingerprint density at radius 3 is 1.59 bits per heavy atom. The number of rotatable bonds is 7. The van der Waals surface area contributed by atoms with Gasteiger partial charge in [0.15, 0.2) is 5.37 Å². The smallest absolute Gasteiger partial charge is 0.327 e. The van der Waals surface area contributed by atoms with E-state index >= 15 is 0 Å². The molecule has 0 aliphatic heterocycles. The van der Waals surface area contributed by atoms with Crippen LogP contribution in [0.2, 0.25) is 0 Å². The van der Waals surface area contributed by atoms with Crippen LogP contribution >= 0.6 is 0 Å². The lowest BCUT2D eigenvalue weighted by molar-refractivity contribution is -0.131. The molecule has 0 heterocycles. The largest absolute Gasteiger partial charge is 0.478 e. The Hall–Kier alpha value is -2.28. The summed E-state index contributed by atoms with van der Waals surface area (Å²) >= 11 is 0. The van der Waals surface area contributed by atoms with Crippen molar-refractivity contribution in [2.24, 2.45) is 5.92 Å². The van der Waals surface area contributed by atoms with Crippen LogP contribution in [0, 0.1) is 5.92 Å². The lowest BCUT2D eigenvalue weighted by Gasteiger charge is -2.17. The van der Waals surface area contributed by atoms with Crippen molar-refractivity contribution in [2.45, 2.75) is 26.1 Å². The maximum atomic E-state index is 10.8. The van der Waals surface area contributed by atoms with Gasteiger partial charge < -0.3 is 10.4 Å². The van der Waals surface area contributed by atoms with Gasteiger partial charge in [0.1, 0.15) is 0 Å². The summed E-state index contributed by atoms with van der Waals surface area (Å²) in [6, 6.07) is 0. The summed E-state index contributed by atoms with van der Waals surface area (Å²) in [7, 11) is -8.21. The van der Waals surface area contributed by atoms with Gasteiger partial charge in [-0.2, -0.15) is 16.8 Å². The number of carbonyl (C=O) groups excluding carboxylic acids is 1. The number of aliphatic carboxylic acids is 1. The number of carboxylic acid groups (broad SMARTS) is 1. The van der Waals surface area contributed by atoms with E-state index < -0.39 is 43.4 Å². The third-order valence-electron chi connectivity index (χ3n) is 2.10. The van der Waals surface area contributed by atoms with Crippen LogP contribution in [0.15, 0.2) is 48.9 Å². The first-order valence-electron chi connectivity index (χ1n) is 7.03. The fraction of sp³-hybridized carbons (Fsp3) is 0.333. The second-order valence-corrected chi connectivity index (χ2v) is 7.94. The van der Waals surface area contributed by atoms with E-state index in [1.54, 1.807) is 20.8 Å². The molecule has 0 aliphatic carbocycles. The number of allylic oxidation sites excluding steroid dienone is 2. The first kappa shape index (κ1) is 29.5. The number of nitrogens with one attached hydrogen (secondary N) is 1. The highest BCUT2D eigenvalue weighted by molar-refractivity contribution is 7.88. The molecule has 0 aromatic heterocycles. The highest BCUT2D eigenvalue weighted by Crippen LogP contribution is 2.07. The summed E-state index contributed by atoms with van der Waals surface area (Å²) in [4.78, 5) is 20.0. The van der Waals surface area contributed by atoms with Gasteiger partial charge in [-0.25, -0.2) is 4.79 Å². The molecule has 0 spiro atoms. The molecule has 0 bridgehead atoms. The number of hydrogen-bond acceptors (Lipinski definition) is 6. The van der Waals surface area contributed by atoms with Crippen LogP contribution in [-0.2, 0) is 29.8 Å². The molecule has 10 nitrogen and oxygen atoms in total. The van der Waals surface area contributed by atoms with Crippen LogP contribution in [0.4, 0.5) is 0 Å². The van der Waals surface area contributed by atoms with E-state index in [-0.39, 0.29) is 0 Å². The molecular formula is C15H25NO9S2. The highest BCUT2D eigenvalue weighted by atomic mass is 32.2. The Kier molecular flexibility index (Phi) is 15.1. The van der Waals surface area contributed by atoms with Crippen molar-refractivity contribution in [2.75, 3.05) is 0 Å². The van der Waals surface area contributed by atoms with Crippen LogP contribution in [0.25, 0.3) is 0 Å². The van der Waals surface area contributed by atoms with Gasteiger partial charge in [0.25, 0.3) is 20.2 Å². The topological polar surface area (TPSA) is 175 Å². The quantitative estimate of drug-likeness (QED) is 0.265. The number of amides is 1. The zero-order valence-corrected chi connectivity index (χ0v) is 16.8. The standard InChI is InChI=1S/C7H13NO4S.C5H8O3S.C3H4O2/c1-4-6(9)8-7(5(2)3)13(10,11)12;1-5(2)3-4-9(6,7)8;1-2-3(4)5/h4-5,7H,1H2,2-3H3,(H,8,9)(H,10,11,12);3-4H,1H2,2H3,(H,6,7,8);2H,1H2,(H,4,5). The van der Waals surface area contributed by atoms with Crippen LogP contribution in [0.1, 0.15) is 20.8 Å². The summed E-state index contributed by atoms with van der Waals surface area (Å²) in [6.07, 6.45) is 3.00. The van der Waals surface area contributed by atoms with Gasteiger partial charge in [0.2, 0.25) is 5.91 Å². The molecule has 0 aliphatic rings. The van der Waals surface area contributed by atoms with Crippen molar-refractivity contribution in [1.82, 2.24) is 5.32 Å². The van der Waals surface area contributed by atoms with Crippen molar-refractivity contribution in [3.05, 3.63) is 48.9 Å². The molecule has 1 unspecified atom stereocenters. The van der Waals surface area contributed by atoms with E-state index in [2.05, 4.69) is 25.1 Å². The molecule has 0 saturated heterocycles. The Labute approximate surface area is 159 Å². The third-order valence-corrected chi connectivity index (χ3v) is 3.88. The molecule has 0 aromatic rings. The predicted octanol–water partition coefficient (Wildman–Crippen LogP) is 1.38. The first-order valence-corrected chi connectivity index (χ1v) is 10.0. The summed E-state index contributed by atoms with van der Waals surface area (Å²) < 4.78 is 58.2. The molecule has 0 rings (SSSR count). The molecule has 0 saturated carbocycles. The van der Waals surface area contributed by atoms with E-state index in [4.69, 9.17) is 14.2 Å². The van der Waals surface area contributed by atoms with Crippen LogP contribution in [0.3, 0.4) is 0 Å². The summed E-state index contributed by atoms with van der Waals surface area (Å²) in [5.74, 6) is -2.01. The molecule has 0 aromatic carbocycles.